The Balaban J connectivity index is 2.04. The van der Waals surface area contributed by atoms with Crippen LogP contribution in [0.4, 0.5) is 11.4 Å². The molecule has 2 unspecified atom stereocenters. The summed E-state index contributed by atoms with van der Waals surface area (Å²) in [4.78, 5) is 0. The van der Waals surface area contributed by atoms with Gasteiger partial charge in [0.25, 0.3) is 0 Å². The predicted molar refractivity (Wildman–Crippen MR) is 75.9 cm³/mol. The first-order chi connectivity index (χ1) is 8.08. The van der Waals surface area contributed by atoms with Gasteiger partial charge in [0.2, 0.25) is 0 Å². The van der Waals surface area contributed by atoms with Crippen molar-refractivity contribution in [1.29, 1.82) is 0 Å². The second kappa shape index (κ2) is 5.36. The van der Waals surface area contributed by atoms with Gasteiger partial charge < -0.3 is 11.1 Å². The van der Waals surface area contributed by atoms with Crippen molar-refractivity contribution in [2.75, 3.05) is 17.6 Å². The van der Waals surface area contributed by atoms with Gasteiger partial charge in [0.15, 0.2) is 0 Å². The van der Waals surface area contributed by atoms with Crippen LogP contribution in [-0.4, -0.2) is 6.54 Å². The van der Waals surface area contributed by atoms with Crippen LogP contribution in [0.1, 0.15) is 26.2 Å². The van der Waals surface area contributed by atoms with Crippen LogP contribution in [0.25, 0.3) is 0 Å². The molecule has 1 saturated carbocycles. The summed E-state index contributed by atoms with van der Waals surface area (Å²) < 4.78 is 0. The standard InChI is InChI=1S/C13H18Cl2N2/c1-8-3-2-4-9(8)7-17-13-11(14)5-10(16)6-12(13)15/h5-6,8-9,17H,2-4,7,16H2,1H3. The van der Waals surface area contributed by atoms with Crippen LogP contribution in [0.2, 0.25) is 10.0 Å². The number of hydrogen-bond donors (Lipinski definition) is 2. The fraction of sp³-hybridized carbons (Fsp3) is 0.538. The summed E-state index contributed by atoms with van der Waals surface area (Å²) in [6.45, 7) is 3.25. The van der Waals surface area contributed by atoms with Crippen molar-refractivity contribution in [2.24, 2.45) is 11.8 Å². The molecule has 1 aliphatic rings. The average molecular weight is 273 g/mol. The Bertz CT molecular complexity index is 383. The van der Waals surface area contributed by atoms with Gasteiger partial charge in [0.05, 0.1) is 15.7 Å². The lowest BCUT2D eigenvalue weighted by Gasteiger charge is -2.18. The lowest BCUT2D eigenvalue weighted by atomic mass is 9.98. The minimum atomic E-state index is 0.597. The van der Waals surface area contributed by atoms with Gasteiger partial charge >= 0.3 is 0 Å². The third-order valence-corrected chi connectivity index (χ3v) is 4.24. The zero-order valence-corrected chi connectivity index (χ0v) is 11.5. The topological polar surface area (TPSA) is 38.0 Å². The van der Waals surface area contributed by atoms with Crippen molar-refractivity contribution >= 4 is 34.6 Å². The third kappa shape index (κ3) is 2.99. The molecule has 1 aromatic carbocycles. The van der Waals surface area contributed by atoms with Crippen LogP contribution < -0.4 is 11.1 Å². The van der Waals surface area contributed by atoms with E-state index < -0.39 is 0 Å². The van der Waals surface area contributed by atoms with Crippen molar-refractivity contribution in [2.45, 2.75) is 26.2 Å². The van der Waals surface area contributed by atoms with Crippen molar-refractivity contribution in [3.05, 3.63) is 22.2 Å². The van der Waals surface area contributed by atoms with Crippen molar-refractivity contribution in [3.63, 3.8) is 0 Å². The minimum Gasteiger partial charge on any atom is -0.399 e. The molecule has 1 aliphatic carbocycles. The maximum absolute atomic E-state index is 6.13. The molecular weight excluding hydrogens is 255 g/mol. The van der Waals surface area contributed by atoms with Gasteiger partial charge in [-0.05, 0) is 30.4 Å². The molecule has 17 heavy (non-hydrogen) atoms. The van der Waals surface area contributed by atoms with Crippen LogP contribution in [0.3, 0.4) is 0 Å². The molecule has 2 rings (SSSR count). The van der Waals surface area contributed by atoms with Gasteiger partial charge in [-0.15, -0.1) is 0 Å². The number of hydrogen-bond acceptors (Lipinski definition) is 2. The fourth-order valence-corrected chi connectivity index (χ4v) is 3.16. The highest BCUT2D eigenvalue weighted by atomic mass is 35.5. The Morgan fingerprint density at radius 3 is 2.47 bits per heavy atom. The van der Waals surface area contributed by atoms with E-state index in [0.717, 1.165) is 24.1 Å². The van der Waals surface area contributed by atoms with E-state index in [1.54, 1.807) is 12.1 Å². The predicted octanol–water partition coefficient (Wildman–Crippen LogP) is 4.42. The summed E-state index contributed by atoms with van der Waals surface area (Å²) in [6, 6.07) is 3.46. The quantitative estimate of drug-likeness (QED) is 0.800. The molecule has 1 aromatic rings. The van der Waals surface area contributed by atoms with Gasteiger partial charge in [-0.3, -0.25) is 0 Å². The molecule has 1 fully saturated rings. The summed E-state index contributed by atoms with van der Waals surface area (Å²) >= 11 is 12.3. The number of rotatable bonds is 3. The molecule has 94 valence electrons. The van der Waals surface area contributed by atoms with Gasteiger partial charge in [0, 0.05) is 12.2 Å². The molecule has 0 aliphatic heterocycles. The van der Waals surface area contributed by atoms with E-state index in [1.165, 1.54) is 19.3 Å². The molecular formula is C13H18Cl2N2. The van der Waals surface area contributed by atoms with Crippen molar-refractivity contribution in [1.82, 2.24) is 0 Å². The summed E-state index contributed by atoms with van der Waals surface area (Å²) in [6.07, 6.45) is 3.95. The molecule has 2 nitrogen and oxygen atoms in total. The molecule has 4 heteroatoms. The first-order valence-electron chi connectivity index (χ1n) is 6.06. The molecule has 0 heterocycles. The number of nitrogen functional groups attached to an aromatic ring is 1. The first-order valence-corrected chi connectivity index (χ1v) is 6.82. The lowest BCUT2D eigenvalue weighted by Crippen LogP contribution is -2.16. The molecule has 0 radical (unpaired) electrons. The van der Waals surface area contributed by atoms with Gasteiger partial charge in [-0.25, -0.2) is 0 Å². The van der Waals surface area contributed by atoms with Gasteiger partial charge in [-0.1, -0.05) is 43.0 Å². The Morgan fingerprint density at radius 1 is 1.29 bits per heavy atom. The monoisotopic (exact) mass is 272 g/mol. The molecule has 0 bridgehead atoms. The summed E-state index contributed by atoms with van der Waals surface area (Å²) in [7, 11) is 0. The van der Waals surface area contributed by atoms with E-state index in [1.807, 2.05) is 0 Å². The SMILES string of the molecule is CC1CCCC1CNc1c(Cl)cc(N)cc1Cl. The smallest absolute Gasteiger partial charge is 0.0720 e. The molecule has 0 spiro atoms. The third-order valence-electron chi connectivity index (χ3n) is 3.64. The highest BCUT2D eigenvalue weighted by Gasteiger charge is 2.23. The van der Waals surface area contributed by atoms with Crippen LogP contribution in [0.5, 0.6) is 0 Å². The fourth-order valence-electron chi connectivity index (χ4n) is 2.52. The van der Waals surface area contributed by atoms with Crippen LogP contribution in [0.15, 0.2) is 12.1 Å². The molecule has 0 saturated heterocycles. The normalized spacial score (nSPS) is 23.9. The highest BCUT2D eigenvalue weighted by molar-refractivity contribution is 6.39. The molecule has 0 aromatic heterocycles. The van der Waals surface area contributed by atoms with E-state index in [4.69, 9.17) is 28.9 Å². The van der Waals surface area contributed by atoms with Crippen LogP contribution in [-0.2, 0) is 0 Å². The summed E-state index contributed by atoms with van der Waals surface area (Å²) in [5.41, 5.74) is 7.08. The second-order valence-electron chi connectivity index (χ2n) is 4.91. The minimum absolute atomic E-state index is 0.597. The Kier molecular flexibility index (Phi) is 4.05. The van der Waals surface area contributed by atoms with E-state index in [2.05, 4.69) is 12.2 Å². The zero-order chi connectivity index (χ0) is 12.4. The number of halogens is 2. The van der Waals surface area contributed by atoms with E-state index in [0.29, 0.717) is 15.7 Å². The van der Waals surface area contributed by atoms with E-state index in [9.17, 15) is 0 Å². The average Bonchev–Trinajstić information content (AvgIpc) is 2.62. The van der Waals surface area contributed by atoms with E-state index in [-0.39, 0.29) is 0 Å². The number of nitrogens with two attached hydrogens (primary N) is 1. The largest absolute Gasteiger partial charge is 0.399 e. The number of anilines is 2. The Hall–Kier alpha value is -0.600. The number of nitrogens with one attached hydrogen (secondary N) is 1. The Labute approximate surface area is 112 Å². The van der Waals surface area contributed by atoms with Crippen LogP contribution >= 0.6 is 23.2 Å². The second-order valence-corrected chi connectivity index (χ2v) is 5.72. The van der Waals surface area contributed by atoms with E-state index >= 15 is 0 Å². The van der Waals surface area contributed by atoms with Gasteiger partial charge in [0.1, 0.15) is 0 Å². The lowest BCUT2D eigenvalue weighted by molar-refractivity contribution is 0.440. The first kappa shape index (κ1) is 12.8. The van der Waals surface area contributed by atoms with Crippen molar-refractivity contribution in [3.8, 4) is 0 Å². The molecule has 3 N–H and O–H groups in total. The van der Waals surface area contributed by atoms with Crippen LogP contribution in [0, 0.1) is 11.8 Å². The maximum atomic E-state index is 6.13. The summed E-state index contributed by atoms with van der Waals surface area (Å²) in [5.74, 6) is 1.51. The molecule has 2 atom stereocenters. The maximum Gasteiger partial charge on any atom is 0.0720 e. The molecule has 0 amide bonds. The summed E-state index contributed by atoms with van der Waals surface area (Å²) in [5, 5.41) is 4.56. The number of benzene rings is 1. The highest BCUT2D eigenvalue weighted by Crippen LogP contribution is 2.35. The zero-order valence-electron chi connectivity index (χ0n) is 9.97. The van der Waals surface area contributed by atoms with Gasteiger partial charge in [-0.2, -0.15) is 0 Å². The Morgan fingerprint density at radius 2 is 1.94 bits per heavy atom. The van der Waals surface area contributed by atoms with Crippen molar-refractivity contribution < 1.29 is 0 Å².